The molecule has 0 fully saturated rings. The average Bonchev–Trinajstić information content (AvgIpc) is 1.82. The first-order chi connectivity index (χ1) is 4.54. The Kier molecular flexibility index (Phi) is 17.8. The minimum Gasteiger partial charge on any atom is -0.481 e. The molecule has 0 aliphatic heterocycles. The maximum absolute atomic E-state index is 10.2. The summed E-state index contributed by atoms with van der Waals surface area (Å²) in [6.45, 7) is 0. The zero-order valence-electron chi connectivity index (χ0n) is 7.03. The van der Waals surface area contributed by atoms with Gasteiger partial charge in [0.1, 0.15) is 0 Å². The van der Waals surface area contributed by atoms with Gasteiger partial charge >= 0.3 is 11.9 Å². The van der Waals surface area contributed by atoms with Gasteiger partial charge in [-0.3, -0.25) is 9.59 Å². The normalized spacial score (nSPS) is 7.33. The Morgan fingerprint density at radius 1 is 0.917 bits per heavy atom. The van der Waals surface area contributed by atoms with Crippen molar-refractivity contribution < 1.29 is 24.6 Å². The van der Waals surface area contributed by atoms with Crippen molar-refractivity contribution in [1.29, 1.82) is 0 Å². The number of carbonyl (C=O) groups is 3. The van der Waals surface area contributed by atoms with E-state index < -0.39 is 30.6 Å². The number of carboxylic acids is 2. The molecule has 0 aliphatic rings. The van der Waals surface area contributed by atoms with Gasteiger partial charge in [0.05, 0.1) is 6.42 Å². The van der Waals surface area contributed by atoms with Crippen molar-refractivity contribution in [3.05, 3.63) is 0 Å². The van der Waals surface area contributed by atoms with E-state index >= 15 is 0 Å². The predicted molar refractivity (Wildman–Crippen MR) is 41.0 cm³/mol. The summed E-state index contributed by atoms with van der Waals surface area (Å²) >= 11 is 0. The van der Waals surface area contributed by atoms with Crippen LogP contribution in [0.25, 0.3) is 0 Å². The van der Waals surface area contributed by atoms with Crippen LogP contribution in [-0.2, 0) is 14.4 Å². The number of carbonyl (C=O) groups excluding carboxylic acids is 1. The first-order valence-corrected chi connectivity index (χ1v) is 2.52. The zero-order chi connectivity index (χ0) is 8.15. The van der Waals surface area contributed by atoms with Crippen molar-refractivity contribution in [2.75, 3.05) is 0 Å². The van der Waals surface area contributed by atoms with E-state index in [4.69, 9.17) is 10.2 Å². The van der Waals surface area contributed by atoms with E-state index in [0.29, 0.717) is 0 Å². The molecule has 7 heteroatoms. The summed E-state index contributed by atoms with van der Waals surface area (Å²) in [6, 6.07) is 0. The monoisotopic (exact) mass is 224 g/mol. The van der Waals surface area contributed by atoms with Crippen molar-refractivity contribution in [2.45, 2.75) is 12.8 Å². The molecule has 2 N–H and O–H groups in total. The van der Waals surface area contributed by atoms with E-state index in [2.05, 4.69) is 0 Å². The molecule has 2 radical (unpaired) electrons. The molecule has 0 rings (SSSR count). The second-order valence-corrected chi connectivity index (χ2v) is 1.62. The summed E-state index contributed by atoms with van der Waals surface area (Å²) in [7, 11) is 0. The van der Waals surface area contributed by atoms with Gasteiger partial charge in [-0.25, -0.2) is 4.79 Å². The van der Waals surface area contributed by atoms with E-state index in [1.807, 2.05) is 0 Å². The largest absolute Gasteiger partial charge is 0.481 e. The molecule has 0 saturated heterocycles. The minimum absolute atomic E-state index is 0. The molecule has 5 nitrogen and oxygen atoms in total. The van der Waals surface area contributed by atoms with Crippen molar-refractivity contribution in [3.63, 3.8) is 0 Å². The molecule has 0 aromatic carbocycles. The Balaban J connectivity index is -0.000000405. The molecule has 0 saturated carbocycles. The fraction of sp³-hybridized carbons (Fsp3) is 0.400. The summed E-state index contributed by atoms with van der Waals surface area (Å²) in [5, 5.41) is 16.0. The molecule has 0 aromatic heterocycles. The zero-order valence-corrected chi connectivity index (χ0v) is 13.3. The van der Waals surface area contributed by atoms with E-state index in [1.165, 1.54) is 0 Å². The quantitative estimate of drug-likeness (QED) is 0.459. The van der Waals surface area contributed by atoms with Gasteiger partial charge in [0.25, 0.3) is 0 Å². The van der Waals surface area contributed by atoms with Crippen LogP contribution in [0.4, 0.5) is 0 Å². The number of rotatable bonds is 4. The topological polar surface area (TPSA) is 91.7 Å². The van der Waals surface area contributed by atoms with Crippen LogP contribution in [0, 0.1) is 0 Å². The maximum atomic E-state index is 10.2. The first-order valence-electron chi connectivity index (χ1n) is 2.52. The fourth-order valence-electron chi connectivity index (χ4n) is 0.327. The molecule has 0 unspecified atom stereocenters. The molecule has 0 aromatic rings. The molecular weight excluding hydrogens is 218 g/mol. The second kappa shape index (κ2) is 11.0. The minimum atomic E-state index is -1.58. The van der Waals surface area contributed by atoms with Crippen LogP contribution in [-0.4, -0.2) is 131 Å². The Morgan fingerprint density at radius 2 is 1.33 bits per heavy atom. The second-order valence-electron chi connectivity index (χ2n) is 1.62. The third-order valence-electron chi connectivity index (χ3n) is 0.804. The molecule has 0 atom stereocenters. The van der Waals surface area contributed by atoms with Gasteiger partial charge in [0, 0.05) is 109 Å². The van der Waals surface area contributed by atoms with Gasteiger partial charge in [-0.05, 0) is 0 Å². The summed E-state index contributed by atoms with van der Waals surface area (Å²) < 4.78 is 0. The number of carboxylic acid groups (broad SMARTS) is 2. The summed E-state index contributed by atoms with van der Waals surface area (Å²) in [4.78, 5) is 29.7. The van der Waals surface area contributed by atoms with Crippen molar-refractivity contribution >= 4 is 120 Å². The van der Waals surface area contributed by atoms with Crippen LogP contribution < -0.4 is 0 Å². The number of ketones is 1. The third-order valence-corrected chi connectivity index (χ3v) is 0.804. The molecule has 58 valence electrons. The van der Waals surface area contributed by atoms with Crippen LogP contribution in [0.5, 0.6) is 0 Å². The van der Waals surface area contributed by atoms with E-state index in [0.717, 1.165) is 0 Å². The fourth-order valence-corrected chi connectivity index (χ4v) is 0.327. The van der Waals surface area contributed by atoms with Gasteiger partial charge in [-0.15, -0.1) is 0 Å². The number of hydrogen-bond donors (Lipinski definition) is 2. The van der Waals surface area contributed by atoms with Gasteiger partial charge in [0.2, 0.25) is 5.78 Å². The molecule has 0 aliphatic carbocycles. The Morgan fingerprint density at radius 3 is 1.58 bits per heavy atom. The maximum Gasteiger partial charge on any atom is 0.372 e. The van der Waals surface area contributed by atoms with Crippen LogP contribution in [0.15, 0.2) is 0 Å². The summed E-state index contributed by atoms with van der Waals surface area (Å²) in [6.07, 6.45) is -0.865. The van der Waals surface area contributed by atoms with Crippen LogP contribution in [0.3, 0.4) is 0 Å². The van der Waals surface area contributed by atoms with Gasteiger partial charge < -0.3 is 10.2 Å². The predicted octanol–water partition coefficient (Wildman–Crippen LogP) is -1.26. The molecular formula is C5H6K2O5. The SMILES string of the molecule is O=C(O)CCC(=O)C(=O)O.[K].[K]. The molecule has 0 amide bonds. The van der Waals surface area contributed by atoms with Crippen LogP contribution in [0.2, 0.25) is 0 Å². The number of hydrogen-bond acceptors (Lipinski definition) is 3. The van der Waals surface area contributed by atoms with Gasteiger partial charge in [-0.1, -0.05) is 0 Å². The van der Waals surface area contributed by atoms with Crippen LogP contribution in [0.1, 0.15) is 12.8 Å². The average molecular weight is 224 g/mol. The third kappa shape index (κ3) is 11.9. The van der Waals surface area contributed by atoms with Gasteiger partial charge in [-0.2, -0.15) is 0 Å². The van der Waals surface area contributed by atoms with Gasteiger partial charge in [0.15, 0.2) is 0 Å². The molecule has 12 heavy (non-hydrogen) atoms. The van der Waals surface area contributed by atoms with Crippen LogP contribution >= 0.6 is 0 Å². The Hall–Kier alpha value is 1.88. The molecule has 0 heterocycles. The van der Waals surface area contributed by atoms with Crippen molar-refractivity contribution in [2.24, 2.45) is 0 Å². The Bertz CT molecular complexity index is 179. The Labute approximate surface area is 154 Å². The molecule has 0 bridgehead atoms. The summed E-state index contributed by atoms with van der Waals surface area (Å²) in [5.41, 5.74) is 0. The molecule has 0 spiro atoms. The summed E-state index contributed by atoms with van der Waals surface area (Å²) in [5.74, 6) is -3.82. The standard InChI is InChI=1S/C5H6O5.2K/c6-3(5(9)10)1-2-4(7)8;;/h1-2H2,(H,7,8)(H,9,10);;. The van der Waals surface area contributed by atoms with Crippen molar-refractivity contribution in [3.8, 4) is 0 Å². The van der Waals surface area contributed by atoms with E-state index in [-0.39, 0.29) is 103 Å². The first kappa shape index (κ1) is 19.5. The number of aliphatic carboxylic acids is 2. The smallest absolute Gasteiger partial charge is 0.372 e. The van der Waals surface area contributed by atoms with Crippen molar-refractivity contribution in [1.82, 2.24) is 0 Å². The van der Waals surface area contributed by atoms with E-state index in [9.17, 15) is 14.4 Å². The van der Waals surface area contributed by atoms with E-state index in [1.54, 1.807) is 0 Å². The number of Topliss-reactive ketones (excluding diaryl/α,β-unsaturated/α-hetero) is 1.